The number of aromatic amines is 1. The van der Waals surface area contributed by atoms with Crippen molar-refractivity contribution in [1.82, 2.24) is 9.78 Å². The van der Waals surface area contributed by atoms with E-state index in [0.717, 1.165) is 17.7 Å². The maximum absolute atomic E-state index is 12.7. The molecule has 0 saturated heterocycles. The summed E-state index contributed by atoms with van der Waals surface area (Å²) >= 11 is 3.26. The van der Waals surface area contributed by atoms with Gasteiger partial charge in [-0.25, -0.2) is 9.07 Å². The highest BCUT2D eigenvalue weighted by Crippen LogP contribution is 2.11. The lowest BCUT2D eigenvalue weighted by atomic mass is 10.2. The molecule has 0 bridgehead atoms. The minimum Gasteiger partial charge on any atom is -0.298 e. The normalized spacial score (nSPS) is 10.8. The highest BCUT2D eigenvalue weighted by Gasteiger charge is 2.09. The van der Waals surface area contributed by atoms with Crippen LogP contribution in [-0.4, -0.2) is 9.78 Å². The molecule has 0 aliphatic rings. The van der Waals surface area contributed by atoms with E-state index >= 15 is 0 Å². The Hall–Kier alpha value is -1.36. The van der Waals surface area contributed by atoms with E-state index in [4.69, 9.17) is 0 Å². The Balaban J connectivity index is 2.30. The molecule has 0 atom stereocenters. The molecule has 0 unspecified atom stereocenters. The maximum atomic E-state index is 12.7. The summed E-state index contributed by atoms with van der Waals surface area (Å²) in [6.45, 7) is 2.38. The minimum absolute atomic E-state index is 0.0915. The first-order chi connectivity index (χ1) is 8.11. The SMILES string of the molecule is CCc1[nH]n(Cc2ccc(F)cc2)c(=O)c1Br. The van der Waals surface area contributed by atoms with Crippen LogP contribution in [0.15, 0.2) is 33.5 Å². The third-order valence-electron chi connectivity index (χ3n) is 2.58. The monoisotopic (exact) mass is 298 g/mol. The van der Waals surface area contributed by atoms with E-state index in [-0.39, 0.29) is 11.4 Å². The lowest BCUT2D eigenvalue weighted by molar-refractivity contribution is 0.621. The molecule has 0 radical (unpaired) electrons. The summed E-state index contributed by atoms with van der Waals surface area (Å²) < 4.78 is 14.8. The molecule has 5 heteroatoms. The first kappa shape index (κ1) is 12.1. The van der Waals surface area contributed by atoms with E-state index in [1.165, 1.54) is 16.8 Å². The van der Waals surface area contributed by atoms with Gasteiger partial charge in [-0.3, -0.25) is 9.89 Å². The highest BCUT2D eigenvalue weighted by atomic mass is 79.9. The van der Waals surface area contributed by atoms with E-state index in [2.05, 4.69) is 21.0 Å². The third kappa shape index (κ3) is 2.49. The van der Waals surface area contributed by atoms with E-state index < -0.39 is 0 Å². The predicted octanol–water partition coefficient (Wildman–Crippen LogP) is 2.69. The van der Waals surface area contributed by atoms with Crippen LogP contribution in [0.3, 0.4) is 0 Å². The van der Waals surface area contributed by atoms with E-state index in [0.29, 0.717) is 11.0 Å². The fourth-order valence-electron chi connectivity index (χ4n) is 1.63. The van der Waals surface area contributed by atoms with Gasteiger partial charge in [0.15, 0.2) is 0 Å². The smallest absolute Gasteiger partial charge is 0.281 e. The van der Waals surface area contributed by atoms with E-state index in [9.17, 15) is 9.18 Å². The van der Waals surface area contributed by atoms with Crippen molar-refractivity contribution in [2.45, 2.75) is 19.9 Å². The van der Waals surface area contributed by atoms with Gasteiger partial charge < -0.3 is 0 Å². The van der Waals surface area contributed by atoms with Crippen LogP contribution in [0.25, 0.3) is 0 Å². The van der Waals surface area contributed by atoms with Gasteiger partial charge in [-0.2, -0.15) is 0 Å². The summed E-state index contributed by atoms with van der Waals surface area (Å²) in [5.74, 6) is -0.275. The predicted molar refractivity (Wildman–Crippen MR) is 67.6 cm³/mol. The fourth-order valence-corrected chi connectivity index (χ4v) is 2.21. The average Bonchev–Trinajstić information content (AvgIpc) is 2.60. The van der Waals surface area contributed by atoms with Crippen LogP contribution in [0.1, 0.15) is 18.2 Å². The summed E-state index contributed by atoms with van der Waals surface area (Å²) in [6, 6.07) is 6.11. The Bertz CT molecular complexity index is 571. The van der Waals surface area contributed by atoms with Gasteiger partial charge in [0.2, 0.25) is 0 Å². The molecule has 2 rings (SSSR count). The molecule has 1 aromatic heterocycles. The molecule has 1 aromatic carbocycles. The van der Waals surface area contributed by atoms with Crippen molar-refractivity contribution in [3.63, 3.8) is 0 Å². The second kappa shape index (κ2) is 4.87. The van der Waals surface area contributed by atoms with Gasteiger partial charge in [-0.05, 0) is 40.0 Å². The van der Waals surface area contributed by atoms with Crippen molar-refractivity contribution in [1.29, 1.82) is 0 Å². The molecule has 2 aromatic rings. The van der Waals surface area contributed by atoms with Crippen molar-refractivity contribution in [2.24, 2.45) is 0 Å². The molecule has 1 N–H and O–H groups in total. The summed E-state index contributed by atoms with van der Waals surface area (Å²) in [5.41, 5.74) is 1.66. The summed E-state index contributed by atoms with van der Waals surface area (Å²) in [5, 5.41) is 3.03. The number of halogens is 2. The summed E-state index contributed by atoms with van der Waals surface area (Å²) in [7, 11) is 0. The Morgan fingerprint density at radius 2 is 2.00 bits per heavy atom. The first-order valence-corrected chi connectivity index (χ1v) is 6.12. The number of benzene rings is 1. The molecule has 0 aliphatic heterocycles. The standard InChI is InChI=1S/C12H12BrFN2O/c1-2-10-11(13)12(17)16(15-10)7-8-3-5-9(14)6-4-8/h3-6,15H,2,7H2,1H3. The quantitative estimate of drug-likeness (QED) is 0.929. The average molecular weight is 299 g/mol. The molecule has 3 nitrogen and oxygen atoms in total. The number of hydrogen-bond donors (Lipinski definition) is 1. The second-order valence-corrected chi connectivity index (χ2v) is 4.57. The number of hydrogen-bond acceptors (Lipinski definition) is 1. The van der Waals surface area contributed by atoms with Crippen molar-refractivity contribution < 1.29 is 4.39 Å². The van der Waals surface area contributed by atoms with Gasteiger partial charge >= 0.3 is 0 Å². The van der Waals surface area contributed by atoms with E-state index in [1.54, 1.807) is 12.1 Å². The fraction of sp³-hybridized carbons (Fsp3) is 0.250. The Morgan fingerprint density at radius 1 is 1.35 bits per heavy atom. The zero-order valence-electron chi connectivity index (χ0n) is 9.34. The molecule has 90 valence electrons. The summed E-state index contributed by atoms with van der Waals surface area (Å²) in [4.78, 5) is 11.8. The van der Waals surface area contributed by atoms with Crippen LogP contribution in [0.4, 0.5) is 4.39 Å². The largest absolute Gasteiger partial charge is 0.298 e. The number of aryl methyl sites for hydroxylation is 1. The van der Waals surface area contributed by atoms with Gasteiger partial charge in [-0.15, -0.1) is 0 Å². The van der Waals surface area contributed by atoms with Crippen LogP contribution in [-0.2, 0) is 13.0 Å². The molecule has 0 aliphatic carbocycles. The van der Waals surface area contributed by atoms with E-state index in [1.807, 2.05) is 6.92 Å². The first-order valence-electron chi connectivity index (χ1n) is 5.33. The van der Waals surface area contributed by atoms with Crippen LogP contribution >= 0.6 is 15.9 Å². The highest BCUT2D eigenvalue weighted by molar-refractivity contribution is 9.10. The second-order valence-electron chi connectivity index (χ2n) is 3.78. The van der Waals surface area contributed by atoms with Crippen LogP contribution < -0.4 is 5.56 Å². The number of rotatable bonds is 3. The molecular weight excluding hydrogens is 287 g/mol. The van der Waals surface area contributed by atoms with Crippen molar-refractivity contribution in [3.05, 3.63) is 56.2 Å². The lowest BCUT2D eigenvalue weighted by Crippen LogP contribution is -2.17. The number of nitrogens with zero attached hydrogens (tertiary/aromatic N) is 1. The molecule has 0 amide bonds. The zero-order valence-corrected chi connectivity index (χ0v) is 10.9. The zero-order chi connectivity index (χ0) is 12.4. The number of H-pyrrole nitrogens is 1. The molecule has 0 fully saturated rings. The maximum Gasteiger partial charge on any atom is 0.281 e. The lowest BCUT2D eigenvalue weighted by Gasteiger charge is -2.02. The molecule has 17 heavy (non-hydrogen) atoms. The van der Waals surface area contributed by atoms with Crippen molar-refractivity contribution in [3.8, 4) is 0 Å². The Morgan fingerprint density at radius 3 is 2.53 bits per heavy atom. The van der Waals surface area contributed by atoms with Crippen molar-refractivity contribution in [2.75, 3.05) is 0 Å². The molecular formula is C12H12BrFN2O. The Labute approximate surface area is 106 Å². The van der Waals surface area contributed by atoms with Crippen LogP contribution in [0, 0.1) is 5.82 Å². The Kier molecular flexibility index (Phi) is 3.47. The number of aromatic nitrogens is 2. The van der Waals surface area contributed by atoms with Crippen LogP contribution in [0.2, 0.25) is 0 Å². The van der Waals surface area contributed by atoms with Gasteiger partial charge in [0.1, 0.15) is 10.3 Å². The molecule has 1 heterocycles. The topological polar surface area (TPSA) is 37.8 Å². The molecule has 0 spiro atoms. The molecule has 0 saturated carbocycles. The van der Waals surface area contributed by atoms with Crippen molar-refractivity contribution >= 4 is 15.9 Å². The van der Waals surface area contributed by atoms with Gasteiger partial charge in [0.25, 0.3) is 5.56 Å². The minimum atomic E-state index is -0.275. The van der Waals surface area contributed by atoms with Gasteiger partial charge in [0.05, 0.1) is 12.2 Å². The third-order valence-corrected chi connectivity index (χ3v) is 3.39. The van der Waals surface area contributed by atoms with Gasteiger partial charge in [-0.1, -0.05) is 19.1 Å². The summed E-state index contributed by atoms with van der Waals surface area (Å²) in [6.07, 6.45) is 0.756. The van der Waals surface area contributed by atoms with Crippen LogP contribution in [0.5, 0.6) is 0 Å². The number of nitrogens with one attached hydrogen (secondary N) is 1. The van der Waals surface area contributed by atoms with Gasteiger partial charge in [0, 0.05) is 0 Å².